The summed E-state index contributed by atoms with van der Waals surface area (Å²) in [6.45, 7) is 11.9. The van der Waals surface area contributed by atoms with Crippen molar-refractivity contribution in [3.63, 3.8) is 0 Å². The van der Waals surface area contributed by atoms with Crippen molar-refractivity contribution in [1.29, 1.82) is 0 Å². The van der Waals surface area contributed by atoms with E-state index in [4.69, 9.17) is 9.84 Å². The summed E-state index contributed by atoms with van der Waals surface area (Å²) in [7, 11) is 0. The number of ketones is 1. The Labute approximate surface area is 119 Å². The molecule has 0 atom stereocenters. The second-order valence-electron chi connectivity index (χ2n) is 5.42. The summed E-state index contributed by atoms with van der Waals surface area (Å²) in [5.41, 5.74) is 0. The number of ether oxygens (including phenoxy) is 1. The fourth-order valence-corrected chi connectivity index (χ4v) is 1.41. The third kappa shape index (κ3) is 26.9. The average molecular weight is 278 g/mol. The van der Waals surface area contributed by atoms with Crippen molar-refractivity contribution in [1.82, 2.24) is 6.15 Å². The molecule has 0 rings (SSSR count). The van der Waals surface area contributed by atoms with E-state index in [1.54, 1.807) is 0 Å². The van der Waals surface area contributed by atoms with Gasteiger partial charge >= 0.3 is 0 Å². The molecule has 0 spiro atoms. The lowest BCUT2D eigenvalue weighted by molar-refractivity contribution is -0.120. The molecule has 0 aromatic carbocycles. The maximum absolute atomic E-state index is 11.1. The monoisotopic (exact) mass is 278 g/mol. The molecule has 0 aliphatic heterocycles. The van der Waals surface area contributed by atoms with Crippen LogP contribution in [0.1, 0.15) is 60.3 Å². The minimum Gasteiger partial charge on any atom is -0.394 e. The van der Waals surface area contributed by atoms with Crippen molar-refractivity contribution < 1.29 is 14.6 Å². The van der Waals surface area contributed by atoms with Crippen LogP contribution in [0.2, 0.25) is 0 Å². The number of unbranched alkanes of at least 4 members (excludes halogenated alkanes) is 1. The first-order chi connectivity index (χ1) is 8.43. The molecule has 19 heavy (non-hydrogen) atoms. The molecule has 0 fully saturated rings. The molecule has 0 aliphatic carbocycles. The number of carbonyl (C=O) groups is 1. The number of hydrogen-bond acceptors (Lipinski definition) is 3. The van der Waals surface area contributed by atoms with Crippen LogP contribution in [0.25, 0.3) is 0 Å². The molecule has 0 unspecified atom stereocenters. The molecule has 0 saturated carbocycles. The summed E-state index contributed by atoms with van der Waals surface area (Å²) < 4.78 is 4.97. The van der Waals surface area contributed by atoms with Gasteiger partial charge in [0.25, 0.3) is 0 Å². The summed E-state index contributed by atoms with van der Waals surface area (Å²) in [5.74, 6) is 1.45. The quantitative estimate of drug-likeness (QED) is 0.629. The Kier molecular flexibility index (Phi) is 21.8. The second kappa shape index (κ2) is 17.6. The van der Waals surface area contributed by atoms with Gasteiger partial charge in [0.2, 0.25) is 0 Å². The first kappa shape index (κ1) is 23.6. The number of hydrogen-bond donors (Lipinski definition) is 2. The SMILES string of the molecule is CC(C)CC(=O)CC(C)C.CCCCOCCO.[NH4+]. The zero-order valence-electron chi connectivity index (χ0n) is 13.9. The van der Waals surface area contributed by atoms with Crippen LogP contribution in [-0.4, -0.2) is 30.7 Å². The normalized spacial score (nSPS) is 9.89. The first-order valence-corrected chi connectivity index (χ1v) is 7.14. The van der Waals surface area contributed by atoms with Crippen LogP contribution in [-0.2, 0) is 9.53 Å². The van der Waals surface area contributed by atoms with E-state index in [9.17, 15) is 4.79 Å². The van der Waals surface area contributed by atoms with Gasteiger partial charge in [-0.05, 0) is 18.3 Å². The number of rotatable bonds is 9. The minimum absolute atomic E-state index is 0. The topological polar surface area (TPSA) is 83.0 Å². The highest BCUT2D eigenvalue weighted by Gasteiger charge is 2.06. The number of Topliss-reactive ketones (excluding diaryl/α,β-unsaturated/α-hetero) is 1. The summed E-state index contributed by atoms with van der Waals surface area (Å²) in [6, 6.07) is 0. The smallest absolute Gasteiger partial charge is 0.133 e. The third-order valence-electron chi connectivity index (χ3n) is 2.15. The number of aliphatic hydroxyl groups is 1. The summed E-state index contributed by atoms with van der Waals surface area (Å²) in [5, 5.41) is 8.24. The van der Waals surface area contributed by atoms with Gasteiger partial charge in [-0.15, -0.1) is 0 Å². The van der Waals surface area contributed by atoms with Crippen molar-refractivity contribution in [2.24, 2.45) is 11.8 Å². The number of quaternary nitrogens is 1. The summed E-state index contributed by atoms with van der Waals surface area (Å²) in [4.78, 5) is 11.1. The van der Waals surface area contributed by atoms with Crippen molar-refractivity contribution in [2.45, 2.75) is 60.3 Å². The Hall–Kier alpha value is -0.450. The molecule has 0 aliphatic rings. The maximum atomic E-state index is 11.1. The third-order valence-corrected chi connectivity index (χ3v) is 2.15. The molecule has 4 heteroatoms. The Morgan fingerprint density at radius 2 is 1.53 bits per heavy atom. The zero-order valence-corrected chi connectivity index (χ0v) is 13.9. The van der Waals surface area contributed by atoms with E-state index in [1.165, 1.54) is 0 Å². The average Bonchev–Trinajstić information content (AvgIpc) is 2.23. The van der Waals surface area contributed by atoms with Crippen molar-refractivity contribution in [3.8, 4) is 0 Å². The second-order valence-corrected chi connectivity index (χ2v) is 5.42. The van der Waals surface area contributed by atoms with Crippen LogP contribution in [0.15, 0.2) is 0 Å². The van der Waals surface area contributed by atoms with Gasteiger partial charge in [0.05, 0.1) is 13.2 Å². The summed E-state index contributed by atoms with van der Waals surface area (Å²) in [6.07, 6.45) is 3.75. The molecule has 4 nitrogen and oxygen atoms in total. The molecule has 0 radical (unpaired) electrons. The van der Waals surface area contributed by atoms with E-state index < -0.39 is 0 Å². The van der Waals surface area contributed by atoms with E-state index in [2.05, 4.69) is 34.6 Å². The molecular formula is C15H36NO3+. The minimum atomic E-state index is 0. The predicted octanol–water partition coefficient (Wildman–Crippen LogP) is 3.82. The van der Waals surface area contributed by atoms with Crippen LogP contribution in [0.5, 0.6) is 0 Å². The van der Waals surface area contributed by atoms with Crippen molar-refractivity contribution in [2.75, 3.05) is 19.8 Å². The van der Waals surface area contributed by atoms with Crippen LogP contribution in [0, 0.1) is 11.8 Å². The van der Waals surface area contributed by atoms with Gasteiger partial charge in [0.1, 0.15) is 5.78 Å². The molecule has 0 aromatic heterocycles. The Morgan fingerprint density at radius 3 is 1.84 bits per heavy atom. The molecular weight excluding hydrogens is 242 g/mol. The lowest BCUT2D eigenvalue weighted by Crippen LogP contribution is -2.05. The van der Waals surface area contributed by atoms with Gasteiger partial charge in [-0.3, -0.25) is 4.79 Å². The summed E-state index contributed by atoms with van der Waals surface area (Å²) >= 11 is 0. The highest BCUT2D eigenvalue weighted by Crippen LogP contribution is 2.07. The zero-order chi connectivity index (χ0) is 14.4. The Balaban J connectivity index is -0.000000262. The largest absolute Gasteiger partial charge is 0.394 e. The lowest BCUT2D eigenvalue weighted by atomic mass is 10.00. The van der Waals surface area contributed by atoms with Gasteiger partial charge in [0, 0.05) is 19.4 Å². The van der Waals surface area contributed by atoms with Crippen LogP contribution < -0.4 is 6.15 Å². The predicted molar refractivity (Wildman–Crippen MR) is 82.7 cm³/mol. The highest BCUT2D eigenvalue weighted by atomic mass is 16.5. The molecule has 0 saturated heterocycles. The number of aliphatic hydroxyl groups excluding tert-OH is 1. The van der Waals surface area contributed by atoms with Gasteiger partial charge < -0.3 is 16.0 Å². The van der Waals surface area contributed by atoms with E-state index in [0.29, 0.717) is 24.2 Å². The van der Waals surface area contributed by atoms with E-state index in [0.717, 1.165) is 32.3 Å². The molecule has 5 N–H and O–H groups in total. The van der Waals surface area contributed by atoms with Gasteiger partial charge in [-0.2, -0.15) is 0 Å². The van der Waals surface area contributed by atoms with E-state index in [-0.39, 0.29) is 12.8 Å². The van der Waals surface area contributed by atoms with Gasteiger partial charge in [-0.1, -0.05) is 41.0 Å². The Bertz CT molecular complexity index is 164. The van der Waals surface area contributed by atoms with E-state index in [1.807, 2.05) is 0 Å². The van der Waals surface area contributed by atoms with Crippen molar-refractivity contribution in [3.05, 3.63) is 0 Å². The maximum Gasteiger partial charge on any atom is 0.133 e. The van der Waals surface area contributed by atoms with Crippen molar-refractivity contribution >= 4 is 5.78 Å². The lowest BCUT2D eigenvalue weighted by Gasteiger charge is -2.05. The van der Waals surface area contributed by atoms with Crippen LogP contribution in [0.3, 0.4) is 0 Å². The molecule has 118 valence electrons. The van der Waals surface area contributed by atoms with Gasteiger partial charge in [0.15, 0.2) is 0 Å². The van der Waals surface area contributed by atoms with Crippen LogP contribution >= 0.6 is 0 Å². The van der Waals surface area contributed by atoms with E-state index >= 15 is 0 Å². The van der Waals surface area contributed by atoms with Crippen LogP contribution in [0.4, 0.5) is 0 Å². The standard InChI is InChI=1S/C9H18O.C6H14O2.H3N/c1-7(2)5-9(10)6-8(3)4;1-2-3-5-8-6-4-7;/h7-8H,5-6H2,1-4H3;7H,2-6H2,1H3;1H3/p+1. The Morgan fingerprint density at radius 1 is 1.05 bits per heavy atom. The fourth-order valence-electron chi connectivity index (χ4n) is 1.41. The highest BCUT2D eigenvalue weighted by molar-refractivity contribution is 5.78. The molecule has 0 amide bonds. The molecule has 0 bridgehead atoms. The first-order valence-electron chi connectivity index (χ1n) is 7.14. The molecule has 0 aromatic rings. The fraction of sp³-hybridized carbons (Fsp3) is 0.933. The number of carbonyl (C=O) groups excluding carboxylic acids is 1. The molecule has 0 heterocycles. The van der Waals surface area contributed by atoms with Gasteiger partial charge in [-0.25, -0.2) is 0 Å².